The molecule has 0 radical (unpaired) electrons. The minimum atomic E-state index is 0.431. The first-order chi connectivity index (χ1) is 5.11. The molecular weight excluding hydrogens is 206 g/mol. The molecule has 1 aromatic rings. The summed E-state index contributed by atoms with van der Waals surface area (Å²) >= 11 is 16.8. The molecule has 2 nitrogen and oxygen atoms in total. The molecule has 0 fully saturated rings. The maximum Gasteiger partial charge on any atom is 0.0719 e. The first kappa shape index (κ1) is 8.94. The second-order valence-corrected chi connectivity index (χ2v) is 3.09. The van der Waals surface area contributed by atoms with E-state index >= 15 is 0 Å². The maximum absolute atomic E-state index is 5.69. The van der Waals surface area contributed by atoms with E-state index in [0.29, 0.717) is 15.7 Å². The number of anilines is 1. The van der Waals surface area contributed by atoms with Crippen molar-refractivity contribution in [1.29, 1.82) is 0 Å². The van der Waals surface area contributed by atoms with E-state index in [1.807, 2.05) is 0 Å². The average Bonchev–Trinajstić information content (AvgIpc) is 1.94. The zero-order valence-corrected chi connectivity index (χ0v) is 7.66. The monoisotopic (exact) mass is 210 g/mol. The van der Waals surface area contributed by atoms with Crippen LogP contribution >= 0.6 is 35.0 Å². The Labute approximate surface area is 79.5 Å². The Morgan fingerprint density at radius 1 is 1.18 bits per heavy atom. The molecule has 0 amide bonds. The molecule has 0 aliphatic carbocycles. The van der Waals surface area contributed by atoms with Gasteiger partial charge in [0.25, 0.3) is 0 Å². The molecular formula is C6H5Cl3N2. The topological polar surface area (TPSA) is 29.3 Å². The second kappa shape index (κ2) is 3.50. The van der Waals surface area contributed by atoms with Gasteiger partial charge in [0.15, 0.2) is 0 Å². The summed E-state index contributed by atoms with van der Waals surface area (Å²) in [5.41, 5.74) is 0.598. The van der Waals surface area contributed by atoms with Crippen LogP contribution in [0, 0.1) is 0 Å². The Hall–Kier alpha value is -0.150. The third kappa shape index (κ3) is 2.14. The van der Waals surface area contributed by atoms with Crippen LogP contribution in [-0.2, 0) is 0 Å². The van der Waals surface area contributed by atoms with E-state index in [2.05, 4.69) is 0 Å². The lowest BCUT2D eigenvalue weighted by Gasteiger charge is -2.08. The lowest BCUT2D eigenvalue weighted by Crippen LogP contribution is -2.17. The van der Waals surface area contributed by atoms with E-state index in [9.17, 15) is 0 Å². The van der Waals surface area contributed by atoms with E-state index in [1.165, 1.54) is 0 Å². The predicted molar refractivity (Wildman–Crippen MR) is 49.0 cm³/mol. The largest absolute Gasteiger partial charge is 0.232 e. The highest BCUT2D eigenvalue weighted by atomic mass is 35.5. The number of rotatable bonds is 1. The Morgan fingerprint density at radius 3 is 2.27 bits per heavy atom. The van der Waals surface area contributed by atoms with Gasteiger partial charge < -0.3 is 0 Å². The highest BCUT2D eigenvalue weighted by molar-refractivity contribution is 6.42. The minimum Gasteiger partial charge on any atom is -0.232 e. The molecule has 1 rings (SSSR count). The fourth-order valence-electron chi connectivity index (χ4n) is 0.618. The number of nitrogens with zero attached hydrogens (tertiary/aromatic N) is 1. The van der Waals surface area contributed by atoms with Crippen molar-refractivity contribution in [3.63, 3.8) is 0 Å². The van der Waals surface area contributed by atoms with Crippen LogP contribution < -0.4 is 10.4 Å². The number of benzene rings is 1. The number of hydrogen-bond acceptors (Lipinski definition) is 2. The summed E-state index contributed by atoms with van der Waals surface area (Å²) in [6.07, 6.45) is 0. The van der Waals surface area contributed by atoms with Crippen LogP contribution in [0.4, 0.5) is 5.69 Å². The molecule has 5 heteroatoms. The quantitative estimate of drug-likeness (QED) is 0.440. The zero-order chi connectivity index (χ0) is 8.43. The summed E-state index contributed by atoms with van der Waals surface area (Å²) in [4.78, 5) is 0. The molecule has 0 saturated heterocycles. The molecule has 0 saturated carbocycles. The molecule has 0 aliphatic heterocycles. The van der Waals surface area contributed by atoms with Crippen molar-refractivity contribution in [2.45, 2.75) is 0 Å². The molecule has 0 atom stereocenters. The van der Waals surface area contributed by atoms with Crippen molar-refractivity contribution in [2.75, 3.05) is 4.53 Å². The lowest BCUT2D eigenvalue weighted by atomic mass is 10.3. The summed E-state index contributed by atoms with van der Waals surface area (Å²) in [5, 5.41) is 0.911. The molecule has 0 heterocycles. The molecule has 11 heavy (non-hydrogen) atoms. The van der Waals surface area contributed by atoms with Crippen LogP contribution in [0.5, 0.6) is 0 Å². The summed E-state index contributed by atoms with van der Waals surface area (Å²) in [6, 6.07) is 4.87. The van der Waals surface area contributed by atoms with E-state index < -0.39 is 0 Å². The Bertz CT molecular complexity index is 262. The predicted octanol–water partition coefficient (Wildman–Crippen LogP) is 2.83. The van der Waals surface area contributed by atoms with Crippen molar-refractivity contribution in [1.82, 2.24) is 0 Å². The maximum atomic E-state index is 5.69. The summed E-state index contributed by atoms with van der Waals surface area (Å²) in [7, 11) is 0. The Kier molecular flexibility index (Phi) is 2.84. The average molecular weight is 211 g/mol. The summed E-state index contributed by atoms with van der Waals surface area (Å²) < 4.78 is 0.947. The van der Waals surface area contributed by atoms with Gasteiger partial charge in [-0.15, -0.1) is 0 Å². The van der Waals surface area contributed by atoms with Crippen LogP contribution in [0.2, 0.25) is 10.0 Å². The van der Waals surface area contributed by atoms with Gasteiger partial charge in [-0.05, 0) is 18.2 Å². The third-order valence-corrected chi connectivity index (χ3v) is 2.08. The normalized spacial score (nSPS) is 9.82. The van der Waals surface area contributed by atoms with Gasteiger partial charge in [0.05, 0.1) is 15.7 Å². The van der Waals surface area contributed by atoms with Gasteiger partial charge in [0, 0.05) is 11.8 Å². The molecule has 0 aliphatic rings. The number of nitrogens with two attached hydrogens (primary N) is 1. The summed E-state index contributed by atoms with van der Waals surface area (Å²) in [6.45, 7) is 0. The van der Waals surface area contributed by atoms with Gasteiger partial charge >= 0.3 is 0 Å². The highest BCUT2D eigenvalue weighted by Gasteiger charge is 2.01. The minimum absolute atomic E-state index is 0.431. The van der Waals surface area contributed by atoms with E-state index in [1.54, 1.807) is 18.2 Å². The highest BCUT2D eigenvalue weighted by Crippen LogP contribution is 2.26. The zero-order valence-electron chi connectivity index (χ0n) is 5.39. The van der Waals surface area contributed by atoms with Gasteiger partial charge in [-0.2, -0.15) is 0 Å². The van der Waals surface area contributed by atoms with Crippen molar-refractivity contribution in [3.05, 3.63) is 28.2 Å². The van der Waals surface area contributed by atoms with Crippen LogP contribution in [0.15, 0.2) is 18.2 Å². The van der Waals surface area contributed by atoms with Crippen molar-refractivity contribution in [2.24, 2.45) is 5.84 Å². The number of halogens is 3. The molecule has 0 unspecified atom stereocenters. The van der Waals surface area contributed by atoms with Crippen LogP contribution in [-0.4, -0.2) is 0 Å². The van der Waals surface area contributed by atoms with Crippen molar-refractivity contribution >= 4 is 40.7 Å². The standard InChI is InChI=1S/C6H5Cl3N2/c7-5-2-1-4(11(9)10)3-6(5)8/h1-3H,10H2. The fraction of sp³-hybridized carbons (Fsp3) is 0. The first-order valence-corrected chi connectivity index (χ1v) is 3.86. The Morgan fingerprint density at radius 2 is 1.82 bits per heavy atom. The number of hydrogen-bond donors (Lipinski definition) is 1. The molecule has 1 aromatic carbocycles. The molecule has 0 bridgehead atoms. The van der Waals surface area contributed by atoms with E-state index in [0.717, 1.165) is 4.53 Å². The SMILES string of the molecule is NN(Cl)c1ccc(Cl)c(Cl)c1. The first-order valence-electron chi connectivity index (χ1n) is 2.77. The second-order valence-electron chi connectivity index (χ2n) is 1.91. The third-order valence-electron chi connectivity index (χ3n) is 1.15. The Balaban J connectivity index is 3.05. The van der Waals surface area contributed by atoms with E-state index in [4.69, 9.17) is 40.8 Å². The van der Waals surface area contributed by atoms with Gasteiger partial charge in [-0.1, -0.05) is 23.2 Å². The molecule has 2 N–H and O–H groups in total. The fourth-order valence-corrected chi connectivity index (χ4v) is 1.02. The van der Waals surface area contributed by atoms with Crippen LogP contribution in [0.3, 0.4) is 0 Å². The van der Waals surface area contributed by atoms with Crippen LogP contribution in [0.1, 0.15) is 0 Å². The van der Waals surface area contributed by atoms with Gasteiger partial charge in [-0.25, -0.2) is 10.4 Å². The van der Waals surface area contributed by atoms with E-state index in [-0.39, 0.29) is 0 Å². The molecule has 0 aromatic heterocycles. The molecule has 0 spiro atoms. The number of hydrazine groups is 1. The van der Waals surface area contributed by atoms with Gasteiger partial charge in [-0.3, -0.25) is 0 Å². The van der Waals surface area contributed by atoms with Crippen molar-refractivity contribution < 1.29 is 0 Å². The molecule has 60 valence electrons. The smallest absolute Gasteiger partial charge is 0.0719 e. The van der Waals surface area contributed by atoms with Gasteiger partial charge in [0.1, 0.15) is 0 Å². The summed E-state index contributed by atoms with van der Waals surface area (Å²) in [5.74, 6) is 5.23. The lowest BCUT2D eigenvalue weighted by molar-refractivity contribution is 1.19. The van der Waals surface area contributed by atoms with Crippen LogP contribution in [0.25, 0.3) is 0 Å². The van der Waals surface area contributed by atoms with Gasteiger partial charge in [0.2, 0.25) is 0 Å². The van der Waals surface area contributed by atoms with Crippen molar-refractivity contribution in [3.8, 4) is 0 Å².